The summed E-state index contributed by atoms with van der Waals surface area (Å²) in [5.41, 5.74) is 2.09. The van der Waals surface area contributed by atoms with E-state index in [-0.39, 0.29) is 35.1 Å². The third-order valence-corrected chi connectivity index (χ3v) is 5.41. The molecule has 2 N–H and O–H groups in total. The number of carbonyl (C=O) groups is 1. The molecular weight excluding hydrogens is 433 g/mol. The molecule has 0 unspecified atom stereocenters. The Morgan fingerprint density at radius 3 is 2.50 bits per heavy atom. The Labute approximate surface area is 188 Å². The number of nitrogens with one attached hydrogen (secondary N) is 2. The molecule has 0 fully saturated rings. The minimum absolute atomic E-state index is 0.107. The van der Waals surface area contributed by atoms with Crippen LogP contribution in [-0.4, -0.2) is 25.5 Å². The van der Waals surface area contributed by atoms with E-state index in [1.807, 2.05) is 20.8 Å². The summed E-state index contributed by atoms with van der Waals surface area (Å²) in [6.07, 6.45) is 3.01. The first-order valence-corrected chi connectivity index (χ1v) is 10.5. The van der Waals surface area contributed by atoms with Crippen LogP contribution < -0.4 is 10.9 Å². The van der Waals surface area contributed by atoms with Gasteiger partial charge in [0.2, 0.25) is 0 Å². The number of hydrogen-bond donors (Lipinski definition) is 2. The van der Waals surface area contributed by atoms with Crippen LogP contribution in [0.4, 0.5) is 4.39 Å². The molecule has 0 aliphatic rings. The number of carbonyl (C=O) groups excluding carboxylic acids is 1. The molecule has 4 aromatic rings. The fourth-order valence-corrected chi connectivity index (χ4v) is 3.73. The summed E-state index contributed by atoms with van der Waals surface area (Å²) in [6.45, 7) is 5.62. The third kappa shape index (κ3) is 4.13. The second kappa shape index (κ2) is 8.55. The summed E-state index contributed by atoms with van der Waals surface area (Å²) in [5, 5.41) is 7.85. The second-order valence-electron chi connectivity index (χ2n) is 7.82. The topological polar surface area (TPSA) is 92.2 Å². The van der Waals surface area contributed by atoms with Crippen molar-refractivity contribution in [3.05, 3.63) is 86.7 Å². The third-order valence-electron chi connectivity index (χ3n) is 5.19. The van der Waals surface area contributed by atoms with Crippen molar-refractivity contribution in [2.45, 2.75) is 32.7 Å². The maximum atomic E-state index is 13.2. The van der Waals surface area contributed by atoms with E-state index >= 15 is 0 Å². The molecule has 0 aliphatic carbocycles. The van der Waals surface area contributed by atoms with Gasteiger partial charge in [0.25, 0.3) is 11.5 Å². The molecule has 4 rings (SSSR count). The van der Waals surface area contributed by atoms with Crippen molar-refractivity contribution in [1.82, 2.24) is 24.9 Å². The maximum absolute atomic E-state index is 13.2. The molecule has 1 atom stereocenters. The van der Waals surface area contributed by atoms with Gasteiger partial charge in [-0.1, -0.05) is 37.6 Å². The summed E-state index contributed by atoms with van der Waals surface area (Å²) < 4.78 is 14.6. The molecule has 32 heavy (non-hydrogen) atoms. The Morgan fingerprint density at radius 2 is 1.88 bits per heavy atom. The van der Waals surface area contributed by atoms with Crippen LogP contribution in [0.3, 0.4) is 0 Å². The fraction of sp³-hybridized carbons (Fsp3) is 0.217. The highest BCUT2D eigenvalue weighted by Crippen LogP contribution is 2.26. The van der Waals surface area contributed by atoms with E-state index in [9.17, 15) is 14.0 Å². The number of benzene rings is 1. The lowest BCUT2D eigenvalue weighted by molar-refractivity contribution is 0.0938. The summed E-state index contributed by atoms with van der Waals surface area (Å²) in [6, 6.07) is 8.89. The van der Waals surface area contributed by atoms with Gasteiger partial charge in [0.15, 0.2) is 5.82 Å². The molecule has 1 aromatic carbocycles. The van der Waals surface area contributed by atoms with Crippen molar-refractivity contribution in [3.63, 3.8) is 0 Å². The van der Waals surface area contributed by atoms with Crippen LogP contribution in [0.25, 0.3) is 17.0 Å². The van der Waals surface area contributed by atoms with E-state index in [0.29, 0.717) is 27.4 Å². The molecule has 3 heterocycles. The van der Waals surface area contributed by atoms with Gasteiger partial charge < -0.3 is 10.3 Å². The maximum Gasteiger partial charge on any atom is 0.275 e. The largest absolute Gasteiger partial charge is 0.345 e. The highest BCUT2D eigenvalue weighted by atomic mass is 35.5. The van der Waals surface area contributed by atoms with E-state index in [2.05, 4.69) is 20.4 Å². The molecule has 3 aromatic heterocycles. The number of hydrogen-bond acceptors (Lipinski definition) is 4. The molecule has 0 aliphatic heterocycles. The van der Waals surface area contributed by atoms with Crippen LogP contribution in [0.15, 0.2) is 53.6 Å². The molecule has 9 heteroatoms. The van der Waals surface area contributed by atoms with Crippen LogP contribution in [0, 0.1) is 5.82 Å². The minimum atomic E-state index is -0.374. The van der Waals surface area contributed by atoms with Gasteiger partial charge in [-0.25, -0.2) is 8.91 Å². The Kier molecular flexibility index (Phi) is 5.80. The smallest absolute Gasteiger partial charge is 0.275 e. The highest BCUT2D eigenvalue weighted by molar-refractivity contribution is 6.30. The van der Waals surface area contributed by atoms with Crippen LogP contribution in [0.5, 0.6) is 0 Å². The number of pyridine rings is 1. The standard InChI is InChI=1S/C23H21ClFN5O2/c1-12(2)19-17(22(31)27-13(3)14-4-7-16(25)8-5-14)11-30-20(19)23(32)28-21(29-30)18-9-6-15(24)10-26-18/h4-13H,1-3H3,(H,27,31)(H,28,29,32)/t13-/m0/s1. The molecule has 164 valence electrons. The molecule has 0 saturated heterocycles. The van der Waals surface area contributed by atoms with Gasteiger partial charge in [-0.3, -0.25) is 14.6 Å². The molecule has 0 radical (unpaired) electrons. The Bertz CT molecular complexity index is 1340. The van der Waals surface area contributed by atoms with Crippen molar-refractivity contribution in [3.8, 4) is 11.5 Å². The second-order valence-corrected chi connectivity index (χ2v) is 8.25. The van der Waals surface area contributed by atoms with Crippen LogP contribution in [-0.2, 0) is 0 Å². The number of aromatic nitrogens is 4. The van der Waals surface area contributed by atoms with Crippen molar-refractivity contribution < 1.29 is 9.18 Å². The van der Waals surface area contributed by atoms with E-state index in [1.165, 1.54) is 22.8 Å². The summed E-state index contributed by atoms with van der Waals surface area (Å²) >= 11 is 5.89. The van der Waals surface area contributed by atoms with Crippen molar-refractivity contribution >= 4 is 23.0 Å². The van der Waals surface area contributed by atoms with Crippen LogP contribution >= 0.6 is 11.6 Å². The van der Waals surface area contributed by atoms with Crippen LogP contribution in [0.1, 0.15) is 54.2 Å². The van der Waals surface area contributed by atoms with Crippen molar-refractivity contribution in [2.75, 3.05) is 0 Å². The number of rotatable bonds is 5. The number of amides is 1. The van der Waals surface area contributed by atoms with Gasteiger partial charge in [0.1, 0.15) is 17.0 Å². The molecular formula is C23H21ClFN5O2. The lowest BCUT2D eigenvalue weighted by Gasteiger charge is -2.15. The SMILES string of the molecule is CC(C)c1c(C(=O)N[C@@H](C)c2ccc(F)cc2)cn2nc(-c3ccc(Cl)cn3)[nH]c(=O)c12. The predicted molar refractivity (Wildman–Crippen MR) is 120 cm³/mol. The van der Waals surface area contributed by atoms with Gasteiger partial charge in [0.05, 0.1) is 16.6 Å². The summed E-state index contributed by atoms with van der Waals surface area (Å²) in [7, 11) is 0. The average Bonchev–Trinajstić information content (AvgIpc) is 3.15. The molecule has 7 nitrogen and oxygen atoms in total. The Morgan fingerprint density at radius 1 is 1.16 bits per heavy atom. The van der Waals surface area contributed by atoms with Gasteiger partial charge in [-0.05, 0) is 42.7 Å². The lowest BCUT2D eigenvalue weighted by Crippen LogP contribution is -2.27. The fourth-order valence-electron chi connectivity index (χ4n) is 3.62. The minimum Gasteiger partial charge on any atom is -0.345 e. The zero-order valence-corrected chi connectivity index (χ0v) is 18.4. The first-order chi connectivity index (χ1) is 15.2. The van der Waals surface area contributed by atoms with Crippen molar-refractivity contribution in [2.24, 2.45) is 0 Å². The Balaban J connectivity index is 1.75. The zero-order valence-electron chi connectivity index (χ0n) is 17.7. The van der Waals surface area contributed by atoms with E-state index in [4.69, 9.17) is 11.6 Å². The van der Waals surface area contributed by atoms with Crippen LogP contribution in [0.2, 0.25) is 5.02 Å². The number of fused-ring (bicyclic) bond motifs is 1. The van der Waals surface area contributed by atoms with E-state index in [0.717, 1.165) is 5.56 Å². The molecule has 1 amide bonds. The van der Waals surface area contributed by atoms with Crippen molar-refractivity contribution in [1.29, 1.82) is 0 Å². The van der Waals surface area contributed by atoms with E-state index < -0.39 is 0 Å². The lowest BCUT2D eigenvalue weighted by atomic mass is 9.99. The average molecular weight is 454 g/mol. The normalized spacial score (nSPS) is 12.3. The molecule has 0 spiro atoms. The zero-order chi connectivity index (χ0) is 23.0. The van der Waals surface area contributed by atoms with Gasteiger partial charge in [-0.2, -0.15) is 0 Å². The van der Waals surface area contributed by atoms with Gasteiger partial charge in [-0.15, -0.1) is 5.10 Å². The monoisotopic (exact) mass is 453 g/mol. The first-order valence-electron chi connectivity index (χ1n) is 10.1. The molecule has 0 saturated carbocycles. The number of aromatic amines is 1. The molecule has 0 bridgehead atoms. The number of nitrogens with zero attached hydrogens (tertiary/aromatic N) is 3. The summed E-state index contributed by atoms with van der Waals surface area (Å²) in [5.74, 6) is -0.536. The van der Waals surface area contributed by atoms with Gasteiger partial charge in [0, 0.05) is 18.0 Å². The van der Waals surface area contributed by atoms with E-state index in [1.54, 1.807) is 30.5 Å². The summed E-state index contributed by atoms with van der Waals surface area (Å²) in [4.78, 5) is 33.0. The Hall–Kier alpha value is -3.52. The number of H-pyrrole nitrogens is 1. The highest BCUT2D eigenvalue weighted by Gasteiger charge is 2.24. The predicted octanol–water partition coefficient (Wildman–Crippen LogP) is 4.49. The quantitative estimate of drug-likeness (QED) is 0.465. The van der Waals surface area contributed by atoms with Gasteiger partial charge >= 0.3 is 0 Å². The number of halogens is 2. The first kappa shape index (κ1) is 21.7.